The molecule has 0 aliphatic rings. The maximum atomic E-state index is 11.5. The van der Waals surface area contributed by atoms with Crippen LogP contribution in [0.1, 0.15) is 21.7 Å². The number of esters is 1. The molecule has 0 bridgehead atoms. The minimum absolute atomic E-state index is 0.0487. The molecule has 104 valence electrons. The van der Waals surface area contributed by atoms with Crippen molar-refractivity contribution >= 4 is 11.7 Å². The van der Waals surface area contributed by atoms with Crippen LogP contribution in [0.3, 0.4) is 0 Å². The molecule has 20 heavy (non-hydrogen) atoms. The number of nitro benzene ring substituents is 1. The summed E-state index contributed by atoms with van der Waals surface area (Å²) in [7, 11) is 1.31. The first kappa shape index (κ1) is 13.8. The fourth-order valence-corrected chi connectivity index (χ4v) is 2.12. The van der Waals surface area contributed by atoms with Gasteiger partial charge in [0.05, 0.1) is 12.0 Å². The second-order valence-corrected chi connectivity index (χ2v) is 4.47. The zero-order valence-corrected chi connectivity index (χ0v) is 11.4. The van der Waals surface area contributed by atoms with Crippen molar-refractivity contribution < 1.29 is 14.5 Å². The summed E-state index contributed by atoms with van der Waals surface area (Å²) in [5, 5.41) is 10.7. The zero-order chi connectivity index (χ0) is 14.9. The number of nitro groups is 1. The summed E-state index contributed by atoms with van der Waals surface area (Å²) >= 11 is 0. The first-order chi connectivity index (χ1) is 9.43. The van der Waals surface area contributed by atoms with Crippen molar-refractivity contribution in [3.63, 3.8) is 0 Å². The highest BCUT2D eigenvalue weighted by molar-refractivity contribution is 5.90. The number of ether oxygens (including phenoxy) is 1. The van der Waals surface area contributed by atoms with Crippen molar-refractivity contribution in [3.05, 3.63) is 51.3 Å². The van der Waals surface area contributed by atoms with Crippen molar-refractivity contribution in [3.8, 4) is 11.1 Å². The first-order valence-corrected chi connectivity index (χ1v) is 5.97. The number of benzene rings is 1. The second kappa shape index (κ2) is 5.16. The Morgan fingerprint density at radius 2 is 1.95 bits per heavy atom. The van der Waals surface area contributed by atoms with Crippen LogP contribution in [0.15, 0.2) is 24.3 Å². The van der Waals surface area contributed by atoms with Crippen LogP contribution in [-0.2, 0) is 4.74 Å². The number of aryl methyl sites for hydroxylation is 2. The zero-order valence-electron chi connectivity index (χ0n) is 11.4. The Labute approximate surface area is 115 Å². The topological polar surface area (TPSA) is 85.2 Å². The number of aromatic amines is 1. The number of methoxy groups -OCH3 is 1. The van der Waals surface area contributed by atoms with Gasteiger partial charge in [0.1, 0.15) is 5.69 Å². The monoisotopic (exact) mass is 274 g/mol. The summed E-state index contributed by atoms with van der Waals surface area (Å²) in [5.41, 5.74) is 3.67. The summed E-state index contributed by atoms with van der Waals surface area (Å²) in [6.07, 6.45) is 0. The van der Waals surface area contributed by atoms with E-state index in [1.165, 1.54) is 19.2 Å². The molecule has 2 rings (SSSR count). The molecular weight excluding hydrogens is 260 g/mol. The maximum absolute atomic E-state index is 11.5. The lowest BCUT2D eigenvalue weighted by atomic mass is 10.0. The van der Waals surface area contributed by atoms with E-state index in [0.717, 1.165) is 22.4 Å². The van der Waals surface area contributed by atoms with Gasteiger partial charge in [-0.3, -0.25) is 10.1 Å². The number of H-pyrrole nitrogens is 1. The van der Waals surface area contributed by atoms with Crippen molar-refractivity contribution in [2.24, 2.45) is 0 Å². The van der Waals surface area contributed by atoms with Crippen LogP contribution in [0.5, 0.6) is 0 Å². The van der Waals surface area contributed by atoms with Crippen molar-refractivity contribution in [2.75, 3.05) is 7.11 Å². The van der Waals surface area contributed by atoms with Gasteiger partial charge in [-0.2, -0.15) is 0 Å². The lowest BCUT2D eigenvalue weighted by molar-refractivity contribution is -0.384. The molecule has 0 radical (unpaired) electrons. The Bertz CT molecular complexity index is 688. The van der Waals surface area contributed by atoms with Crippen LogP contribution in [-0.4, -0.2) is 23.0 Å². The van der Waals surface area contributed by atoms with E-state index in [1.807, 2.05) is 6.92 Å². The molecule has 0 aliphatic carbocycles. The van der Waals surface area contributed by atoms with E-state index in [2.05, 4.69) is 9.72 Å². The third-order valence-corrected chi connectivity index (χ3v) is 3.13. The molecule has 1 aromatic heterocycles. The third-order valence-electron chi connectivity index (χ3n) is 3.13. The number of non-ortho nitro benzene ring substituents is 1. The van der Waals surface area contributed by atoms with Crippen molar-refractivity contribution in [2.45, 2.75) is 13.8 Å². The molecule has 0 saturated carbocycles. The number of carbonyl (C=O) groups excluding carboxylic acids is 1. The lowest BCUT2D eigenvalue weighted by Gasteiger charge is -2.04. The second-order valence-electron chi connectivity index (χ2n) is 4.47. The average molecular weight is 274 g/mol. The van der Waals surface area contributed by atoms with Gasteiger partial charge in [0.2, 0.25) is 0 Å². The van der Waals surface area contributed by atoms with Crippen LogP contribution in [0.25, 0.3) is 11.1 Å². The Morgan fingerprint density at radius 3 is 2.50 bits per heavy atom. The number of carbonyl (C=O) groups is 1. The fraction of sp³-hybridized carbons (Fsp3) is 0.214. The Hall–Kier alpha value is -2.63. The predicted octanol–water partition coefficient (Wildman–Crippen LogP) is 2.99. The molecule has 6 heteroatoms. The van der Waals surface area contributed by atoms with Crippen LogP contribution < -0.4 is 0 Å². The molecule has 0 spiro atoms. The summed E-state index contributed by atoms with van der Waals surface area (Å²) < 4.78 is 4.66. The summed E-state index contributed by atoms with van der Waals surface area (Å²) in [6.45, 7) is 3.63. The third kappa shape index (κ3) is 2.40. The van der Waals surface area contributed by atoms with Gasteiger partial charge in [-0.15, -0.1) is 0 Å². The van der Waals surface area contributed by atoms with Crippen molar-refractivity contribution in [1.29, 1.82) is 0 Å². The van der Waals surface area contributed by atoms with Crippen LogP contribution >= 0.6 is 0 Å². The fourth-order valence-electron chi connectivity index (χ4n) is 2.12. The maximum Gasteiger partial charge on any atom is 0.354 e. The van der Waals surface area contributed by atoms with E-state index < -0.39 is 10.9 Å². The van der Waals surface area contributed by atoms with Gasteiger partial charge in [0, 0.05) is 23.4 Å². The average Bonchev–Trinajstić information content (AvgIpc) is 2.79. The van der Waals surface area contributed by atoms with E-state index in [4.69, 9.17) is 0 Å². The van der Waals surface area contributed by atoms with Gasteiger partial charge in [-0.1, -0.05) is 0 Å². The molecule has 1 aromatic carbocycles. The van der Waals surface area contributed by atoms with Crippen LogP contribution in [0.2, 0.25) is 0 Å². The van der Waals surface area contributed by atoms with E-state index in [0.29, 0.717) is 5.69 Å². The molecule has 2 aromatic rings. The highest BCUT2D eigenvalue weighted by Crippen LogP contribution is 2.30. The molecule has 0 saturated heterocycles. The molecule has 1 heterocycles. The molecule has 1 N–H and O–H groups in total. The van der Waals surface area contributed by atoms with Crippen LogP contribution in [0.4, 0.5) is 5.69 Å². The minimum Gasteiger partial charge on any atom is -0.464 e. The summed E-state index contributed by atoms with van der Waals surface area (Å²) in [6, 6.07) is 6.34. The van der Waals surface area contributed by atoms with E-state index in [-0.39, 0.29) is 5.69 Å². The van der Waals surface area contributed by atoms with Gasteiger partial charge < -0.3 is 9.72 Å². The Balaban J connectivity index is 2.49. The molecule has 0 amide bonds. The molecule has 0 atom stereocenters. The molecule has 6 nitrogen and oxygen atoms in total. The molecule has 0 aliphatic heterocycles. The van der Waals surface area contributed by atoms with Gasteiger partial charge in [0.25, 0.3) is 5.69 Å². The Kier molecular flexibility index (Phi) is 3.56. The minimum atomic E-state index is -0.445. The van der Waals surface area contributed by atoms with E-state index in [9.17, 15) is 14.9 Å². The SMILES string of the molecule is COC(=O)c1cc(-c2ccc([N+](=O)[O-])cc2C)c(C)[nH]1. The van der Waals surface area contributed by atoms with E-state index >= 15 is 0 Å². The number of nitrogens with zero attached hydrogens (tertiary/aromatic N) is 1. The van der Waals surface area contributed by atoms with Gasteiger partial charge in [0.15, 0.2) is 0 Å². The van der Waals surface area contributed by atoms with Gasteiger partial charge in [-0.25, -0.2) is 4.79 Å². The smallest absolute Gasteiger partial charge is 0.354 e. The quantitative estimate of drug-likeness (QED) is 0.529. The van der Waals surface area contributed by atoms with Gasteiger partial charge >= 0.3 is 5.97 Å². The molecule has 0 fully saturated rings. The Morgan fingerprint density at radius 1 is 1.25 bits per heavy atom. The highest BCUT2D eigenvalue weighted by Gasteiger charge is 2.16. The summed E-state index contributed by atoms with van der Waals surface area (Å²) in [4.78, 5) is 24.8. The summed E-state index contributed by atoms with van der Waals surface area (Å²) in [5.74, 6) is -0.445. The number of rotatable bonds is 3. The van der Waals surface area contributed by atoms with Gasteiger partial charge in [-0.05, 0) is 37.1 Å². The largest absolute Gasteiger partial charge is 0.464 e. The molecular formula is C14H14N2O4. The first-order valence-electron chi connectivity index (χ1n) is 5.97. The molecule has 0 unspecified atom stereocenters. The van der Waals surface area contributed by atoms with E-state index in [1.54, 1.807) is 19.1 Å². The highest BCUT2D eigenvalue weighted by atomic mass is 16.6. The number of hydrogen-bond acceptors (Lipinski definition) is 4. The normalized spacial score (nSPS) is 10.3. The van der Waals surface area contributed by atoms with Crippen molar-refractivity contribution in [1.82, 2.24) is 4.98 Å². The number of hydrogen-bond donors (Lipinski definition) is 1. The number of nitrogens with one attached hydrogen (secondary N) is 1. The lowest BCUT2D eigenvalue weighted by Crippen LogP contribution is -2.00. The van der Waals surface area contributed by atoms with Crippen LogP contribution in [0, 0.1) is 24.0 Å². The predicted molar refractivity (Wildman–Crippen MR) is 73.7 cm³/mol. The number of aromatic nitrogens is 1. The standard InChI is InChI=1S/C14H14N2O4/c1-8-6-10(16(18)19)4-5-11(8)12-7-13(14(17)20-3)15-9(12)2/h4-7,15H,1-3H3.